The third-order valence-electron chi connectivity index (χ3n) is 2.69. The Morgan fingerprint density at radius 2 is 2.33 bits per heavy atom. The predicted octanol–water partition coefficient (Wildman–Crippen LogP) is 0.890. The second-order valence-electron chi connectivity index (χ2n) is 3.49. The Hall–Kier alpha value is -0.570. The van der Waals surface area contributed by atoms with Crippen LogP contribution < -0.4 is 0 Å². The zero-order chi connectivity index (χ0) is 9.14. The Morgan fingerprint density at radius 3 is 2.75 bits per heavy atom. The number of hydrogen-bond acceptors (Lipinski definition) is 3. The van der Waals surface area contributed by atoms with Gasteiger partial charge in [-0.3, -0.25) is 9.69 Å². The Bertz CT molecular complexity index is 170. The number of carbonyl (C=O) groups excluding carboxylic acids is 1. The number of methoxy groups -OCH3 is 1. The molecular weight excluding hydrogens is 154 g/mol. The van der Waals surface area contributed by atoms with Crippen molar-refractivity contribution in [1.29, 1.82) is 0 Å². The summed E-state index contributed by atoms with van der Waals surface area (Å²) in [6, 6.07) is -0.0000463. The van der Waals surface area contributed by atoms with Gasteiger partial charge in [-0.25, -0.2) is 0 Å². The minimum Gasteiger partial charge on any atom is -0.468 e. The molecule has 0 bridgehead atoms. The molecule has 0 radical (unpaired) electrons. The summed E-state index contributed by atoms with van der Waals surface area (Å²) in [6.45, 7) is 3.19. The van der Waals surface area contributed by atoms with Gasteiger partial charge >= 0.3 is 5.97 Å². The Balaban J connectivity index is 2.51. The second-order valence-corrected chi connectivity index (χ2v) is 3.49. The molecule has 0 amide bonds. The zero-order valence-corrected chi connectivity index (χ0v) is 8.04. The normalized spacial score (nSPS) is 30.6. The zero-order valence-electron chi connectivity index (χ0n) is 8.04. The number of hydrogen-bond donors (Lipinski definition) is 0. The van der Waals surface area contributed by atoms with E-state index in [4.69, 9.17) is 4.74 Å². The van der Waals surface area contributed by atoms with Gasteiger partial charge in [0.05, 0.1) is 7.11 Å². The van der Waals surface area contributed by atoms with Gasteiger partial charge in [-0.1, -0.05) is 13.3 Å². The molecule has 0 aromatic heterocycles. The highest BCUT2D eigenvalue weighted by molar-refractivity contribution is 5.76. The van der Waals surface area contributed by atoms with Gasteiger partial charge in [-0.15, -0.1) is 0 Å². The summed E-state index contributed by atoms with van der Waals surface area (Å²) in [5, 5.41) is 0. The second kappa shape index (κ2) is 3.90. The molecule has 1 unspecified atom stereocenters. The molecule has 0 N–H and O–H groups in total. The van der Waals surface area contributed by atoms with Gasteiger partial charge < -0.3 is 4.74 Å². The summed E-state index contributed by atoms with van der Waals surface area (Å²) in [5.41, 5.74) is 0. The standard InChI is InChI=1S/C9H17NO2/c1-4-7-5-8(9(11)12-3)10(2)6-7/h7-8H,4-6H2,1-3H3/t7-,8?/m1/s1. The maximum atomic E-state index is 11.2. The highest BCUT2D eigenvalue weighted by Crippen LogP contribution is 2.24. The van der Waals surface area contributed by atoms with Gasteiger partial charge in [0, 0.05) is 6.54 Å². The Labute approximate surface area is 73.7 Å². The molecule has 0 saturated carbocycles. The molecule has 70 valence electrons. The van der Waals surface area contributed by atoms with Crippen LogP contribution in [0.25, 0.3) is 0 Å². The average Bonchev–Trinajstić information content (AvgIpc) is 2.45. The number of nitrogens with zero attached hydrogens (tertiary/aromatic N) is 1. The van der Waals surface area contributed by atoms with Crippen molar-refractivity contribution >= 4 is 5.97 Å². The van der Waals surface area contributed by atoms with E-state index in [0.29, 0.717) is 5.92 Å². The quantitative estimate of drug-likeness (QED) is 0.578. The summed E-state index contributed by atoms with van der Waals surface area (Å²) >= 11 is 0. The van der Waals surface area contributed by atoms with E-state index in [9.17, 15) is 4.79 Å². The highest BCUT2D eigenvalue weighted by Gasteiger charge is 2.33. The van der Waals surface area contributed by atoms with Crippen LogP contribution in [-0.4, -0.2) is 37.6 Å². The lowest BCUT2D eigenvalue weighted by Gasteiger charge is -2.15. The minimum absolute atomic E-state index is 0.0000463. The van der Waals surface area contributed by atoms with Crippen LogP contribution in [-0.2, 0) is 9.53 Å². The van der Waals surface area contributed by atoms with E-state index >= 15 is 0 Å². The van der Waals surface area contributed by atoms with E-state index in [-0.39, 0.29) is 12.0 Å². The smallest absolute Gasteiger partial charge is 0.323 e. The molecule has 1 aliphatic heterocycles. The van der Waals surface area contributed by atoms with Crippen molar-refractivity contribution in [3.63, 3.8) is 0 Å². The molecule has 3 nitrogen and oxygen atoms in total. The molecule has 1 fully saturated rings. The number of esters is 1. The summed E-state index contributed by atoms with van der Waals surface area (Å²) in [4.78, 5) is 13.3. The largest absolute Gasteiger partial charge is 0.468 e. The first-order chi connectivity index (χ1) is 5.69. The first-order valence-electron chi connectivity index (χ1n) is 4.47. The summed E-state index contributed by atoms with van der Waals surface area (Å²) in [7, 11) is 3.44. The Morgan fingerprint density at radius 1 is 1.67 bits per heavy atom. The van der Waals surface area contributed by atoms with E-state index in [1.807, 2.05) is 7.05 Å². The SMILES string of the molecule is CC[C@@H]1CC(C(=O)OC)N(C)C1. The van der Waals surface area contributed by atoms with E-state index in [2.05, 4.69) is 11.8 Å². The van der Waals surface area contributed by atoms with Crippen molar-refractivity contribution in [2.45, 2.75) is 25.8 Å². The molecule has 0 aromatic carbocycles. The molecule has 2 atom stereocenters. The maximum Gasteiger partial charge on any atom is 0.323 e. The van der Waals surface area contributed by atoms with Crippen LogP contribution in [0.15, 0.2) is 0 Å². The monoisotopic (exact) mass is 171 g/mol. The fourth-order valence-electron chi connectivity index (χ4n) is 1.81. The van der Waals surface area contributed by atoms with Crippen molar-refractivity contribution < 1.29 is 9.53 Å². The molecule has 0 spiro atoms. The molecule has 1 rings (SSSR count). The summed E-state index contributed by atoms with van der Waals surface area (Å²) in [6.07, 6.45) is 2.11. The van der Waals surface area contributed by atoms with Crippen LogP contribution in [0.5, 0.6) is 0 Å². The fraction of sp³-hybridized carbons (Fsp3) is 0.889. The van der Waals surface area contributed by atoms with Crippen molar-refractivity contribution in [1.82, 2.24) is 4.90 Å². The number of ether oxygens (including phenoxy) is 1. The Kier molecular flexibility index (Phi) is 3.09. The van der Waals surface area contributed by atoms with Gasteiger partial charge in [-0.2, -0.15) is 0 Å². The topological polar surface area (TPSA) is 29.5 Å². The molecule has 12 heavy (non-hydrogen) atoms. The number of likely N-dealkylation sites (tertiary alicyclic amines) is 1. The van der Waals surface area contributed by atoms with Gasteiger partial charge in [0.15, 0.2) is 0 Å². The van der Waals surface area contributed by atoms with Crippen LogP contribution in [0.3, 0.4) is 0 Å². The van der Waals surface area contributed by atoms with Crippen molar-refractivity contribution in [2.75, 3.05) is 20.7 Å². The molecular formula is C9H17NO2. The van der Waals surface area contributed by atoms with Gasteiger partial charge in [0.25, 0.3) is 0 Å². The van der Waals surface area contributed by atoms with Crippen LogP contribution in [0, 0.1) is 5.92 Å². The molecule has 0 aromatic rings. The first kappa shape index (κ1) is 9.52. The maximum absolute atomic E-state index is 11.2. The number of rotatable bonds is 2. The van der Waals surface area contributed by atoms with E-state index < -0.39 is 0 Å². The molecule has 1 heterocycles. The lowest BCUT2D eigenvalue weighted by molar-refractivity contribution is -0.145. The van der Waals surface area contributed by atoms with Gasteiger partial charge in [-0.05, 0) is 19.4 Å². The van der Waals surface area contributed by atoms with Crippen LogP contribution >= 0.6 is 0 Å². The third kappa shape index (κ3) is 1.78. The van der Waals surface area contributed by atoms with Crippen LogP contribution in [0.4, 0.5) is 0 Å². The molecule has 1 aliphatic rings. The number of likely N-dealkylation sites (N-methyl/N-ethyl adjacent to an activating group) is 1. The van der Waals surface area contributed by atoms with Gasteiger partial charge in [0.1, 0.15) is 6.04 Å². The summed E-state index contributed by atoms with van der Waals surface area (Å²) < 4.78 is 4.72. The van der Waals surface area contributed by atoms with Crippen molar-refractivity contribution in [3.8, 4) is 0 Å². The van der Waals surface area contributed by atoms with E-state index in [1.54, 1.807) is 0 Å². The lowest BCUT2D eigenvalue weighted by Crippen LogP contribution is -2.33. The van der Waals surface area contributed by atoms with Crippen LogP contribution in [0.2, 0.25) is 0 Å². The number of carbonyl (C=O) groups is 1. The third-order valence-corrected chi connectivity index (χ3v) is 2.69. The molecule has 3 heteroatoms. The van der Waals surface area contributed by atoms with Gasteiger partial charge in [0.2, 0.25) is 0 Å². The predicted molar refractivity (Wildman–Crippen MR) is 46.8 cm³/mol. The van der Waals surface area contributed by atoms with Crippen molar-refractivity contribution in [2.24, 2.45) is 5.92 Å². The van der Waals surface area contributed by atoms with Crippen LogP contribution in [0.1, 0.15) is 19.8 Å². The average molecular weight is 171 g/mol. The highest BCUT2D eigenvalue weighted by atomic mass is 16.5. The summed E-state index contributed by atoms with van der Waals surface area (Å²) in [5.74, 6) is 0.576. The first-order valence-corrected chi connectivity index (χ1v) is 4.47. The molecule has 0 aliphatic carbocycles. The fourth-order valence-corrected chi connectivity index (χ4v) is 1.81. The lowest BCUT2D eigenvalue weighted by atomic mass is 10.0. The van der Waals surface area contributed by atoms with E-state index in [0.717, 1.165) is 19.4 Å². The minimum atomic E-state index is -0.0894. The van der Waals surface area contributed by atoms with E-state index in [1.165, 1.54) is 7.11 Å². The van der Waals surface area contributed by atoms with Crippen molar-refractivity contribution in [3.05, 3.63) is 0 Å². The molecule has 1 saturated heterocycles.